The van der Waals surface area contributed by atoms with Crippen LogP contribution < -0.4 is 4.72 Å². The third-order valence-corrected chi connectivity index (χ3v) is 3.97. The third-order valence-electron chi connectivity index (χ3n) is 2.57. The summed E-state index contributed by atoms with van der Waals surface area (Å²) in [4.78, 5) is 9.84. The number of hydrogen-bond donors (Lipinski definition) is 1. The highest BCUT2D eigenvalue weighted by atomic mass is 32.2. The van der Waals surface area contributed by atoms with Crippen LogP contribution in [0.2, 0.25) is 0 Å². The van der Waals surface area contributed by atoms with Gasteiger partial charge < -0.3 is 4.42 Å². The Hall–Kier alpha value is -2.19. The van der Waals surface area contributed by atoms with Gasteiger partial charge >= 0.3 is 0 Å². The lowest BCUT2D eigenvalue weighted by Gasteiger charge is -2.05. The molecule has 0 amide bonds. The number of nitrogens with zero attached hydrogens (tertiary/aromatic N) is 1. The maximum Gasteiger partial charge on any atom is 0.270 e. The van der Waals surface area contributed by atoms with Crippen molar-refractivity contribution in [1.29, 1.82) is 0 Å². The van der Waals surface area contributed by atoms with E-state index in [0.29, 0.717) is 11.5 Å². The minimum atomic E-state index is -3.82. The Kier molecular flexibility index (Phi) is 3.86. The molecule has 7 nitrogen and oxygen atoms in total. The summed E-state index contributed by atoms with van der Waals surface area (Å²) in [6.07, 6.45) is 0. The molecule has 1 aromatic heterocycles. The van der Waals surface area contributed by atoms with Gasteiger partial charge in [-0.2, -0.15) is 0 Å². The van der Waals surface area contributed by atoms with Gasteiger partial charge in [-0.15, -0.1) is 0 Å². The number of sulfonamides is 1. The fourth-order valence-electron chi connectivity index (χ4n) is 1.59. The van der Waals surface area contributed by atoms with E-state index in [9.17, 15) is 18.5 Å². The van der Waals surface area contributed by atoms with Crippen LogP contribution in [0.25, 0.3) is 0 Å². The first kappa shape index (κ1) is 14.2. The van der Waals surface area contributed by atoms with E-state index in [4.69, 9.17) is 4.42 Å². The predicted molar refractivity (Wildman–Crippen MR) is 70.6 cm³/mol. The van der Waals surface area contributed by atoms with Crippen LogP contribution in [0.4, 0.5) is 5.69 Å². The number of aryl methyl sites for hydroxylation is 1. The molecule has 0 saturated carbocycles. The van der Waals surface area contributed by atoms with Gasteiger partial charge in [-0.05, 0) is 25.1 Å². The second-order valence-corrected chi connectivity index (χ2v) is 5.86. The molecule has 0 atom stereocenters. The van der Waals surface area contributed by atoms with Crippen molar-refractivity contribution in [3.05, 3.63) is 58.0 Å². The molecule has 0 aliphatic carbocycles. The number of hydrogen-bond acceptors (Lipinski definition) is 5. The van der Waals surface area contributed by atoms with E-state index in [-0.39, 0.29) is 17.1 Å². The lowest BCUT2D eigenvalue weighted by atomic mass is 10.3. The number of benzene rings is 1. The van der Waals surface area contributed by atoms with Gasteiger partial charge in [0, 0.05) is 12.1 Å². The lowest BCUT2D eigenvalue weighted by molar-refractivity contribution is -0.385. The number of nitro benzene ring substituents is 1. The van der Waals surface area contributed by atoms with Gasteiger partial charge in [-0.3, -0.25) is 10.1 Å². The molecule has 20 heavy (non-hydrogen) atoms. The van der Waals surface area contributed by atoms with E-state index >= 15 is 0 Å². The summed E-state index contributed by atoms with van der Waals surface area (Å²) in [5.74, 6) is 1.14. The molecule has 106 valence electrons. The zero-order valence-electron chi connectivity index (χ0n) is 10.6. The number of non-ortho nitro benzene ring substituents is 1. The predicted octanol–water partition coefficient (Wildman–Crippen LogP) is 1.97. The van der Waals surface area contributed by atoms with Crippen molar-refractivity contribution in [2.45, 2.75) is 18.4 Å². The van der Waals surface area contributed by atoms with Crippen LogP contribution >= 0.6 is 0 Å². The first-order valence-corrected chi connectivity index (χ1v) is 7.16. The normalized spacial score (nSPS) is 11.4. The van der Waals surface area contributed by atoms with Gasteiger partial charge in [-0.25, -0.2) is 13.1 Å². The van der Waals surface area contributed by atoms with Crippen molar-refractivity contribution >= 4 is 15.7 Å². The van der Waals surface area contributed by atoms with E-state index < -0.39 is 14.9 Å². The monoisotopic (exact) mass is 296 g/mol. The van der Waals surface area contributed by atoms with Crippen LogP contribution in [0.15, 0.2) is 45.7 Å². The van der Waals surface area contributed by atoms with Gasteiger partial charge in [0.25, 0.3) is 5.69 Å². The van der Waals surface area contributed by atoms with Crippen LogP contribution in [0, 0.1) is 17.0 Å². The minimum Gasteiger partial charge on any atom is -0.465 e. The van der Waals surface area contributed by atoms with Gasteiger partial charge in [0.2, 0.25) is 10.0 Å². The molecule has 1 aromatic carbocycles. The summed E-state index contributed by atoms with van der Waals surface area (Å²) in [5, 5.41) is 10.6. The molecule has 0 aliphatic heterocycles. The number of furan rings is 1. The fraction of sp³-hybridized carbons (Fsp3) is 0.167. The topological polar surface area (TPSA) is 102 Å². The first-order chi connectivity index (χ1) is 9.38. The smallest absolute Gasteiger partial charge is 0.270 e. The molecule has 0 fully saturated rings. The van der Waals surface area contributed by atoms with E-state index in [2.05, 4.69) is 4.72 Å². The van der Waals surface area contributed by atoms with Crippen molar-refractivity contribution in [1.82, 2.24) is 4.72 Å². The molecule has 0 saturated heterocycles. The van der Waals surface area contributed by atoms with Gasteiger partial charge in [-0.1, -0.05) is 6.07 Å². The van der Waals surface area contributed by atoms with Crippen LogP contribution in [-0.2, 0) is 16.6 Å². The largest absolute Gasteiger partial charge is 0.465 e. The van der Waals surface area contributed by atoms with Crippen LogP contribution in [0.5, 0.6) is 0 Å². The molecular weight excluding hydrogens is 284 g/mol. The molecule has 0 aliphatic rings. The maximum absolute atomic E-state index is 12.0. The second-order valence-electron chi connectivity index (χ2n) is 4.09. The van der Waals surface area contributed by atoms with E-state index in [1.165, 1.54) is 18.2 Å². The van der Waals surface area contributed by atoms with Crippen molar-refractivity contribution in [2.24, 2.45) is 0 Å². The molecule has 1 N–H and O–H groups in total. The quantitative estimate of drug-likeness (QED) is 0.671. The molecule has 0 unspecified atom stereocenters. The average Bonchev–Trinajstić information content (AvgIpc) is 2.82. The van der Waals surface area contributed by atoms with E-state index in [0.717, 1.165) is 6.07 Å². The van der Waals surface area contributed by atoms with Crippen LogP contribution in [0.3, 0.4) is 0 Å². The van der Waals surface area contributed by atoms with Crippen molar-refractivity contribution in [3.8, 4) is 0 Å². The Morgan fingerprint density at radius 3 is 2.65 bits per heavy atom. The number of rotatable bonds is 5. The average molecular weight is 296 g/mol. The Morgan fingerprint density at radius 2 is 2.05 bits per heavy atom. The fourth-order valence-corrected chi connectivity index (χ4v) is 2.63. The van der Waals surface area contributed by atoms with E-state index in [1.807, 2.05) is 0 Å². The highest BCUT2D eigenvalue weighted by Crippen LogP contribution is 2.17. The first-order valence-electron chi connectivity index (χ1n) is 5.68. The zero-order valence-corrected chi connectivity index (χ0v) is 11.4. The summed E-state index contributed by atoms with van der Waals surface area (Å²) in [6.45, 7) is 1.73. The van der Waals surface area contributed by atoms with E-state index in [1.54, 1.807) is 19.1 Å². The van der Waals surface area contributed by atoms with Crippen molar-refractivity contribution in [2.75, 3.05) is 0 Å². The Bertz CT molecular complexity index is 736. The summed E-state index contributed by atoms with van der Waals surface area (Å²) in [5.41, 5.74) is -0.276. The highest BCUT2D eigenvalue weighted by molar-refractivity contribution is 7.89. The number of nitro groups is 1. The zero-order chi connectivity index (χ0) is 14.8. The van der Waals surface area contributed by atoms with Crippen LogP contribution in [0.1, 0.15) is 11.5 Å². The Labute approximate surface area is 115 Å². The molecule has 8 heteroatoms. The van der Waals surface area contributed by atoms with Gasteiger partial charge in [0.15, 0.2) is 0 Å². The Morgan fingerprint density at radius 1 is 1.30 bits per heavy atom. The molecule has 1 heterocycles. The van der Waals surface area contributed by atoms with Crippen molar-refractivity contribution < 1.29 is 17.8 Å². The van der Waals surface area contributed by atoms with Crippen LogP contribution in [-0.4, -0.2) is 13.3 Å². The van der Waals surface area contributed by atoms with Crippen molar-refractivity contribution in [3.63, 3.8) is 0 Å². The summed E-state index contributed by atoms with van der Waals surface area (Å²) in [6, 6.07) is 8.24. The van der Waals surface area contributed by atoms with Gasteiger partial charge in [0.05, 0.1) is 16.4 Å². The summed E-state index contributed by atoms with van der Waals surface area (Å²) >= 11 is 0. The molecule has 2 rings (SSSR count). The Balaban J connectivity index is 2.17. The minimum absolute atomic E-state index is 0.0150. The summed E-state index contributed by atoms with van der Waals surface area (Å²) < 4.78 is 31.6. The molecular formula is C12H12N2O5S. The molecule has 0 radical (unpaired) electrons. The number of nitrogens with one attached hydrogen (secondary N) is 1. The van der Waals surface area contributed by atoms with Gasteiger partial charge in [0.1, 0.15) is 11.5 Å². The highest BCUT2D eigenvalue weighted by Gasteiger charge is 2.17. The molecule has 2 aromatic rings. The molecule has 0 bridgehead atoms. The lowest BCUT2D eigenvalue weighted by Crippen LogP contribution is -2.23. The summed E-state index contributed by atoms with van der Waals surface area (Å²) in [7, 11) is -3.82. The third kappa shape index (κ3) is 3.22. The second kappa shape index (κ2) is 5.43. The maximum atomic E-state index is 12.0. The standard InChI is InChI=1S/C12H12N2O5S/c1-9-5-6-11(19-9)8-13-20(17,18)12-4-2-3-10(7-12)14(15)16/h2-7,13H,8H2,1H3. The SMILES string of the molecule is Cc1ccc(CNS(=O)(=O)c2cccc([N+](=O)[O-])c2)o1. The molecule has 0 spiro atoms.